The van der Waals surface area contributed by atoms with Crippen LogP contribution in [0.1, 0.15) is 17.7 Å². The van der Waals surface area contributed by atoms with Gasteiger partial charge in [0.15, 0.2) is 0 Å². The Kier molecular flexibility index (Phi) is 8.23. The molecular formula is C28H27F4N7O5S. The van der Waals surface area contributed by atoms with E-state index in [1.54, 1.807) is 22.9 Å². The summed E-state index contributed by atoms with van der Waals surface area (Å²) in [5.41, 5.74) is 0.760. The van der Waals surface area contributed by atoms with Crippen molar-refractivity contribution in [1.29, 1.82) is 0 Å². The zero-order valence-electron chi connectivity index (χ0n) is 23.6. The molecule has 2 aromatic heterocycles. The molecule has 12 nitrogen and oxygen atoms in total. The van der Waals surface area contributed by atoms with Crippen molar-refractivity contribution in [3.05, 3.63) is 66.1 Å². The minimum atomic E-state index is -3.88. The lowest BCUT2D eigenvalue weighted by Gasteiger charge is -2.25. The number of nitrogens with one attached hydrogen (secondary N) is 1. The molecule has 1 unspecified atom stereocenters. The number of fused-ring (bicyclic) bond motifs is 2. The van der Waals surface area contributed by atoms with Crippen LogP contribution in [0.15, 0.2) is 54.9 Å². The highest BCUT2D eigenvalue weighted by Crippen LogP contribution is 2.49. The third kappa shape index (κ3) is 6.10. The number of aryl methyl sites for hydroxylation is 1. The maximum atomic E-state index is 14.6. The molecule has 5 heterocycles. The van der Waals surface area contributed by atoms with Gasteiger partial charge < -0.3 is 19.1 Å². The molecule has 238 valence electrons. The van der Waals surface area contributed by atoms with Crippen LogP contribution in [0.3, 0.4) is 0 Å². The Morgan fingerprint density at radius 2 is 1.87 bits per heavy atom. The van der Waals surface area contributed by atoms with Crippen molar-refractivity contribution in [3.8, 4) is 45.5 Å². The lowest BCUT2D eigenvalue weighted by molar-refractivity contribution is -0.0527. The number of benzene rings is 1. The van der Waals surface area contributed by atoms with E-state index in [2.05, 4.69) is 14.9 Å². The number of nitrogens with zero attached hydrogens (tertiary/aromatic N) is 6. The third-order valence-corrected chi connectivity index (χ3v) is 8.54. The average Bonchev–Trinajstić information content (AvgIpc) is 3.65. The molecule has 0 saturated heterocycles. The maximum absolute atomic E-state index is 14.6. The highest BCUT2D eigenvalue weighted by atomic mass is 32.2. The van der Waals surface area contributed by atoms with Crippen LogP contribution in [-0.4, -0.2) is 74.3 Å². The Balaban J connectivity index is 1.54. The zero-order valence-corrected chi connectivity index (χ0v) is 24.5. The van der Waals surface area contributed by atoms with E-state index in [0.717, 1.165) is 10.2 Å². The summed E-state index contributed by atoms with van der Waals surface area (Å²) in [7, 11) is -2.37. The number of halogens is 4. The molecule has 0 bridgehead atoms. The van der Waals surface area contributed by atoms with E-state index in [1.807, 2.05) is 30.3 Å². The van der Waals surface area contributed by atoms with Crippen LogP contribution in [0.25, 0.3) is 33.8 Å². The molecule has 45 heavy (non-hydrogen) atoms. The SMILES string of the molecule is Cn1cc(-c2c3cccn(Cc4ccccc4)c-3nc2-c2c(C(F)F)nn3c2OCC(NS(=O)(=O)CCO)C3)c(OC(F)F)n1. The number of sulfonamides is 1. The standard InChI is InChI=1S/C28H27F4N7O5S/c1-37-14-19(26(35-37)44-28(31)32)20-18-8-5-9-38(12-16-6-3-2-4-7-16)25(18)33-22(20)21-23(24(29)30)34-39-13-17(15-43-27(21)39)36-45(41,42)11-10-40/h2-9,14,17,24,28,36,40H,10-13,15H2,1H3. The van der Waals surface area contributed by atoms with Gasteiger partial charge in [0.1, 0.15) is 18.1 Å². The lowest BCUT2D eigenvalue weighted by Crippen LogP contribution is -2.45. The topological polar surface area (TPSA) is 138 Å². The minimum Gasteiger partial charge on any atom is -0.476 e. The molecule has 1 aromatic carbocycles. The van der Waals surface area contributed by atoms with Crippen LogP contribution >= 0.6 is 0 Å². The summed E-state index contributed by atoms with van der Waals surface area (Å²) < 4.78 is 97.8. The summed E-state index contributed by atoms with van der Waals surface area (Å²) in [6.45, 7) is -3.85. The van der Waals surface area contributed by atoms with Crippen LogP contribution in [0.4, 0.5) is 17.6 Å². The number of pyridine rings is 1. The van der Waals surface area contributed by atoms with Gasteiger partial charge in [-0.3, -0.25) is 4.68 Å². The predicted molar refractivity (Wildman–Crippen MR) is 153 cm³/mol. The maximum Gasteiger partial charge on any atom is 0.388 e. The number of aromatic nitrogens is 6. The normalized spacial score (nSPS) is 15.2. The molecule has 0 radical (unpaired) electrons. The Morgan fingerprint density at radius 3 is 2.58 bits per heavy atom. The number of ether oxygens (including phenoxy) is 2. The van der Waals surface area contributed by atoms with Gasteiger partial charge in [0.05, 0.1) is 41.8 Å². The van der Waals surface area contributed by atoms with E-state index in [1.165, 1.54) is 17.9 Å². The predicted octanol–water partition coefficient (Wildman–Crippen LogP) is 3.51. The first-order valence-electron chi connectivity index (χ1n) is 13.7. The summed E-state index contributed by atoms with van der Waals surface area (Å²) in [5.74, 6) is -0.709. The van der Waals surface area contributed by atoms with E-state index < -0.39 is 53.0 Å². The molecule has 0 saturated carbocycles. The smallest absolute Gasteiger partial charge is 0.388 e. The first-order chi connectivity index (χ1) is 21.5. The highest BCUT2D eigenvalue weighted by molar-refractivity contribution is 7.89. The molecule has 0 amide bonds. The fourth-order valence-corrected chi connectivity index (χ4v) is 6.39. The molecule has 3 aromatic rings. The second-order valence-electron chi connectivity index (χ2n) is 10.3. The van der Waals surface area contributed by atoms with Gasteiger partial charge >= 0.3 is 6.61 Å². The Morgan fingerprint density at radius 1 is 1.09 bits per heavy atom. The highest BCUT2D eigenvalue weighted by Gasteiger charge is 2.37. The van der Waals surface area contributed by atoms with Crippen molar-refractivity contribution < 1.29 is 40.6 Å². The van der Waals surface area contributed by atoms with Crippen LogP contribution in [0.2, 0.25) is 0 Å². The first-order valence-corrected chi connectivity index (χ1v) is 15.3. The van der Waals surface area contributed by atoms with Gasteiger partial charge in [-0.25, -0.2) is 31.6 Å². The molecule has 0 aliphatic carbocycles. The van der Waals surface area contributed by atoms with Crippen LogP contribution in [0.5, 0.6) is 11.8 Å². The summed E-state index contributed by atoms with van der Waals surface area (Å²) in [6.07, 6.45) is 0.0781. The number of aliphatic hydroxyl groups is 1. The van der Waals surface area contributed by atoms with Crippen LogP contribution in [0, 0.1) is 0 Å². The Labute approximate surface area is 254 Å². The summed E-state index contributed by atoms with van der Waals surface area (Å²) in [5, 5.41) is 17.1. The number of rotatable bonds is 11. The summed E-state index contributed by atoms with van der Waals surface area (Å²) in [6, 6.07) is 12.0. The fraction of sp³-hybridized carbons (Fsp3) is 0.321. The Hall–Kier alpha value is -4.48. The fourth-order valence-electron chi connectivity index (χ4n) is 5.38. The van der Waals surface area contributed by atoms with E-state index in [0.29, 0.717) is 17.9 Å². The molecule has 0 spiro atoms. The molecule has 3 aliphatic rings. The molecular weight excluding hydrogens is 622 g/mol. The second kappa shape index (κ2) is 12.1. The van der Waals surface area contributed by atoms with E-state index in [9.17, 15) is 26.0 Å². The lowest BCUT2D eigenvalue weighted by atomic mass is 9.98. The largest absolute Gasteiger partial charge is 0.476 e. The van der Waals surface area contributed by atoms with Crippen LogP contribution < -0.4 is 14.2 Å². The molecule has 1 atom stereocenters. The van der Waals surface area contributed by atoms with Gasteiger partial charge in [-0.05, 0) is 17.7 Å². The molecule has 6 rings (SSSR count). The Bertz CT molecular complexity index is 1890. The van der Waals surface area contributed by atoms with Crippen molar-refractivity contribution in [1.82, 2.24) is 33.8 Å². The van der Waals surface area contributed by atoms with Crippen LogP contribution in [-0.2, 0) is 30.2 Å². The minimum absolute atomic E-state index is 0.0269. The van der Waals surface area contributed by atoms with Gasteiger partial charge in [-0.2, -0.15) is 13.9 Å². The van der Waals surface area contributed by atoms with Gasteiger partial charge in [-0.15, -0.1) is 5.10 Å². The second-order valence-corrected chi connectivity index (χ2v) is 12.2. The van der Waals surface area contributed by atoms with E-state index in [-0.39, 0.29) is 41.4 Å². The number of aliphatic hydroxyl groups excluding tert-OH is 1. The zero-order chi connectivity index (χ0) is 31.9. The van der Waals surface area contributed by atoms with Gasteiger partial charge in [0, 0.05) is 37.1 Å². The van der Waals surface area contributed by atoms with Crippen molar-refractivity contribution in [2.45, 2.75) is 32.2 Å². The third-order valence-electron chi connectivity index (χ3n) is 7.12. The number of hydrogen-bond acceptors (Lipinski definition) is 8. The van der Waals surface area contributed by atoms with Crippen molar-refractivity contribution in [2.75, 3.05) is 19.0 Å². The molecule has 0 fully saturated rings. The quantitative estimate of drug-likeness (QED) is 0.208. The molecule has 2 N–H and O–H groups in total. The molecule has 17 heteroatoms. The van der Waals surface area contributed by atoms with Gasteiger partial charge in [0.2, 0.25) is 21.8 Å². The van der Waals surface area contributed by atoms with Crippen molar-refractivity contribution >= 4 is 10.0 Å². The first kappa shape index (κ1) is 30.5. The van der Waals surface area contributed by atoms with Gasteiger partial charge in [-0.1, -0.05) is 30.3 Å². The van der Waals surface area contributed by atoms with Crippen molar-refractivity contribution in [3.63, 3.8) is 0 Å². The van der Waals surface area contributed by atoms with E-state index >= 15 is 0 Å². The number of hydrogen-bond donors (Lipinski definition) is 2. The summed E-state index contributed by atoms with van der Waals surface area (Å²) in [4.78, 5) is 4.79. The monoisotopic (exact) mass is 649 g/mol. The number of alkyl halides is 4. The average molecular weight is 650 g/mol. The van der Waals surface area contributed by atoms with E-state index in [4.69, 9.17) is 19.6 Å². The molecule has 3 aliphatic heterocycles. The van der Waals surface area contributed by atoms with Gasteiger partial charge in [0.25, 0.3) is 6.43 Å². The summed E-state index contributed by atoms with van der Waals surface area (Å²) >= 11 is 0. The van der Waals surface area contributed by atoms with Crippen molar-refractivity contribution in [2.24, 2.45) is 7.05 Å².